The van der Waals surface area contributed by atoms with Gasteiger partial charge in [0.05, 0.1) is 11.9 Å². The number of pyridine rings is 1. The third-order valence-electron chi connectivity index (χ3n) is 2.35. The molecule has 0 radical (unpaired) electrons. The summed E-state index contributed by atoms with van der Waals surface area (Å²) in [7, 11) is 0. The smallest absolute Gasteiger partial charge is 0.255 e. The van der Waals surface area contributed by atoms with E-state index in [2.05, 4.69) is 10.3 Å². The van der Waals surface area contributed by atoms with E-state index < -0.39 is 17.5 Å². The quantitative estimate of drug-likeness (QED) is 0.887. The van der Waals surface area contributed by atoms with Crippen molar-refractivity contribution in [2.24, 2.45) is 0 Å². The number of hydrogen-bond acceptors (Lipinski definition) is 2. The van der Waals surface area contributed by atoms with Gasteiger partial charge in [0.1, 0.15) is 0 Å². The van der Waals surface area contributed by atoms with Crippen LogP contribution >= 0.6 is 0 Å². The number of amides is 1. The zero-order valence-electron chi connectivity index (χ0n) is 9.58. The van der Waals surface area contributed by atoms with Crippen molar-refractivity contribution in [3.63, 3.8) is 0 Å². The average Bonchev–Trinajstić information content (AvgIpc) is 2.35. The molecule has 0 atom stereocenters. The van der Waals surface area contributed by atoms with Gasteiger partial charge in [0.15, 0.2) is 11.6 Å². The lowest BCUT2D eigenvalue weighted by Gasteiger charge is -2.05. The summed E-state index contributed by atoms with van der Waals surface area (Å²) in [6.45, 7) is 1.82. The van der Waals surface area contributed by atoms with Crippen LogP contribution in [0.1, 0.15) is 16.1 Å². The molecule has 3 nitrogen and oxygen atoms in total. The van der Waals surface area contributed by atoms with E-state index in [1.54, 1.807) is 12.1 Å². The molecule has 2 rings (SSSR count). The zero-order valence-corrected chi connectivity index (χ0v) is 9.58. The van der Waals surface area contributed by atoms with Crippen LogP contribution in [0, 0.1) is 18.6 Å². The Morgan fingerprint density at radius 3 is 2.56 bits per heavy atom. The Labute approximate surface area is 102 Å². The number of halogens is 2. The predicted molar refractivity (Wildman–Crippen MR) is 63.3 cm³/mol. The van der Waals surface area contributed by atoms with Gasteiger partial charge in [-0.05, 0) is 37.3 Å². The summed E-state index contributed by atoms with van der Waals surface area (Å²) in [5.41, 5.74) is 1.37. The molecule has 0 fully saturated rings. The third-order valence-corrected chi connectivity index (χ3v) is 2.35. The molecule has 5 heteroatoms. The van der Waals surface area contributed by atoms with Gasteiger partial charge in [-0.3, -0.25) is 9.78 Å². The number of carbonyl (C=O) groups excluding carboxylic acids is 1. The Hall–Kier alpha value is -2.30. The highest BCUT2D eigenvalue weighted by molar-refractivity contribution is 6.04. The Morgan fingerprint density at radius 2 is 1.94 bits per heavy atom. The highest BCUT2D eigenvalue weighted by Gasteiger charge is 2.09. The van der Waals surface area contributed by atoms with Crippen molar-refractivity contribution in [1.29, 1.82) is 0 Å². The molecule has 0 aliphatic heterocycles. The summed E-state index contributed by atoms with van der Waals surface area (Å²) in [6, 6.07) is 6.40. The highest BCUT2D eigenvalue weighted by Crippen LogP contribution is 2.12. The minimum absolute atomic E-state index is 0.0504. The van der Waals surface area contributed by atoms with E-state index in [4.69, 9.17) is 0 Å². The molecule has 0 bridgehead atoms. The van der Waals surface area contributed by atoms with Crippen LogP contribution in [-0.4, -0.2) is 10.9 Å². The summed E-state index contributed by atoms with van der Waals surface area (Å²) in [5, 5.41) is 2.54. The molecule has 92 valence electrons. The number of rotatable bonds is 2. The molecule has 1 aromatic carbocycles. The minimum Gasteiger partial charge on any atom is -0.321 e. The van der Waals surface area contributed by atoms with Gasteiger partial charge in [-0.2, -0.15) is 0 Å². The molecule has 0 aliphatic rings. The maximum Gasteiger partial charge on any atom is 0.255 e. The first kappa shape index (κ1) is 12.2. The number of anilines is 1. The van der Waals surface area contributed by atoms with E-state index >= 15 is 0 Å². The van der Waals surface area contributed by atoms with Crippen LogP contribution in [0.2, 0.25) is 0 Å². The Morgan fingerprint density at radius 1 is 1.17 bits per heavy atom. The molecular weight excluding hydrogens is 238 g/mol. The number of nitrogens with one attached hydrogen (secondary N) is 1. The number of carbonyl (C=O) groups is 1. The molecule has 2 aromatic rings. The molecule has 18 heavy (non-hydrogen) atoms. The fourth-order valence-electron chi connectivity index (χ4n) is 1.38. The number of aromatic nitrogens is 1. The predicted octanol–water partition coefficient (Wildman–Crippen LogP) is 2.92. The Balaban J connectivity index is 2.16. The van der Waals surface area contributed by atoms with E-state index in [1.807, 2.05) is 6.92 Å². The molecule has 1 N–H and O–H groups in total. The van der Waals surface area contributed by atoms with Gasteiger partial charge < -0.3 is 5.32 Å². The van der Waals surface area contributed by atoms with Gasteiger partial charge in [0.2, 0.25) is 0 Å². The number of nitrogens with zero attached hydrogens (tertiary/aromatic N) is 1. The second-order valence-corrected chi connectivity index (χ2v) is 3.77. The number of aryl methyl sites for hydroxylation is 1. The molecule has 0 saturated carbocycles. The van der Waals surface area contributed by atoms with Crippen molar-refractivity contribution in [1.82, 2.24) is 4.98 Å². The summed E-state index contributed by atoms with van der Waals surface area (Å²) >= 11 is 0. The number of hydrogen-bond donors (Lipinski definition) is 1. The van der Waals surface area contributed by atoms with Crippen LogP contribution in [-0.2, 0) is 0 Å². The second-order valence-electron chi connectivity index (χ2n) is 3.77. The zero-order chi connectivity index (χ0) is 13.1. The Kier molecular flexibility index (Phi) is 3.32. The molecule has 0 unspecified atom stereocenters. The van der Waals surface area contributed by atoms with Crippen LogP contribution in [0.15, 0.2) is 36.5 Å². The normalized spacial score (nSPS) is 10.2. The first-order chi connectivity index (χ1) is 8.56. The minimum atomic E-state index is -1.05. The monoisotopic (exact) mass is 248 g/mol. The van der Waals surface area contributed by atoms with Crippen LogP contribution in [0.3, 0.4) is 0 Å². The van der Waals surface area contributed by atoms with Crippen molar-refractivity contribution in [3.05, 3.63) is 59.4 Å². The molecule has 1 heterocycles. The topological polar surface area (TPSA) is 42.0 Å². The molecular formula is C13H10F2N2O. The van der Waals surface area contributed by atoms with Crippen molar-refractivity contribution in [3.8, 4) is 0 Å². The van der Waals surface area contributed by atoms with Crippen molar-refractivity contribution in [2.75, 3.05) is 5.32 Å². The lowest BCUT2D eigenvalue weighted by atomic mass is 10.2. The molecule has 1 amide bonds. The summed E-state index contributed by atoms with van der Waals surface area (Å²) in [6.07, 6.45) is 1.49. The fraction of sp³-hybridized carbons (Fsp3) is 0.0769. The van der Waals surface area contributed by atoms with E-state index in [0.717, 1.165) is 17.8 Å². The van der Waals surface area contributed by atoms with Crippen LogP contribution in [0.5, 0.6) is 0 Å². The molecule has 0 saturated heterocycles. The maximum atomic E-state index is 13.0. The van der Waals surface area contributed by atoms with E-state index in [0.29, 0.717) is 5.69 Å². The summed E-state index contributed by atoms with van der Waals surface area (Å²) in [4.78, 5) is 15.7. The molecule has 1 aromatic heterocycles. The molecule has 0 aliphatic carbocycles. The number of benzene rings is 1. The van der Waals surface area contributed by atoms with Crippen LogP contribution in [0.4, 0.5) is 14.5 Å². The van der Waals surface area contributed by atoms with E-state index in [9.17, 15) is 13.6 Å². The van der Waals surface area contributed by atoms with Gasteiger partial charge in [0.25, 0.3) is 5.91 Å². The lowest BCUT2D eigenvalue weighted by molar-refractivity contribution is 0.102. The Bertz CT molecular complexity index is 582. The van der Waals surface area contributed by atoms with E-state index in [-0.39, 0.29) is 5.56 Å². The second kappa shape index (κ2) is 4.91. The van der Waals surface area contributed by atoms with Crippen molar-refractivity contribution >= 4 is 11.6 Å². The largest absolute Gasteiger partial charge is 0.321 e. The van der Waals surface area contributed by atoms with Crippen molar-refractivity contribution < 1.29 is 13.6 Å². The van der Waals surface area contributed by atoms with Gasteiger partial charge >= 0.3 is 0 Å². The van der Waals surface area contributed by atoms with Crippen molar-refractivity contribution in [2.45, 2.75) is 6.92 Å². The summed E-state index contributed by atoms with van der Waals surface area (Å²) in [5.74, 6) is -2.55. The van der Waals surface area contributed by atoms with Gasteiger partial charge in [-0.1, -0.05) is 0 Å². The first-order valence-corrected chi connectivity index (χ1v) is 5.25. The maximum absolute atomic E-state index is 13.0. The van der Waals surface area contributed by atoms with Crippen LogP contribution in [0.25, 0.3) is 0 Å². The van der Waals surface area contributed by atoms with Gasteiger partial charge in [-0.15, -0.1) is 0 Å². The average molecular weight is 248 g/mol. The first-order valence-electron chi connectivity index (χ1n) is 5.25. The summed E-state index contributed by atoms with van der Waals surface area (Å²) < 4.78 is 25.7. The van der Waals surface area contributed by atoms with Gasteiger partial charge in [-0.25, -0.2) is 8.78 Å². The highest BCUT2D eigenvalue weighted by atomic mass is 19.2. The fourth-order valence-corrected chi connectivity index (χ4v) is 1.38. The third kappa shape index (κ3) is 2.68. The SMILES string of the molecule is Cc1ccc(NC(=O)c2ccc(F)c(F)c2)cn1. The lowest BCUT2D eigenvalue weighted by Crippen LogP contribution is -2.12. The molecule has 0 spiro atoms. The van der Waals surface area contributed by atoms with Crippen LogP contribution < -0.4 is 5.32 Å². The van der Waals surface area contributed by atoms with Gasteiger partial charge in [0, 0.05) is 11.3 Å². The van der Waals surface area contributed by atoms with E-state index in [1.165, 1.54) is 12.3 Å². The standard InChI is InChI=1S/C13H10F2N2O/c1-8-2-4-10(7-16-8)17-13(18)9-3-5-11(14)12(15)6-9/h2-7H,1H3,(H,17,18).